The first kappa shape index (κ1) is 12.6. The molecule has 0 atom stereocenters. The molecule has 0 aliphatic heterocycles. The van der Waals surface area contributed by atoms with Crippen molar-refractivity contribution in [1.29, 1.82) is 0 Å². The van der Waals surface area contributed by atoms with Crippen LogP contribution >= 0.6 is 34.8 Å². The Labute approximate surface area is 104 Å². The average molecular weight is 266 g/mol. The van der Waals surface area contributed by atoms with Gasteiger partial charge in [0, 0.05) is 10.7 Å². The van der Waals surface area contributed by atoms with Gasteiger partial charge >= 0.3 is 0 Å². The Balaban J connectivity index is 2.95. The standard InChI is InChI=1S/C10H11Cl3N2/c1-3-6(2)14-15-10-8(12)4-7(11)5-9(10)13/h4-5,15H,3H2,1-2H3/b14-6-. The third-order valence-corrected chi connectivity index (χ3v) is 2.69. The summed E-state index contributed by atoms with van der Waals surface area (Å²) in [5.41, 5.74) is 4.37. The number of halogens is 3. The molecule has 0 unspecified atom stereocenters. The summed E-state index contributed by atoms with van der Waals surface area (Å²) in [7, 11) is 0. The van der Waals surface area contributed by atoms with Crippen LogP contribution in [0.25, 0.3) is 0 Å². The SMILES string of the molecule is CC/C(C)=N\Nc1c(Cl)cc(Cl)cc1Cl. The summed E-state index contributed by atoms with van der Waals surface area (Å²) < 4.78 is 0. The average Bonchev–Trinajstić information content (AvgIpc) is 2.15. The number of benzene rings is 1. The molecule has 0 radical (unpaired) electrons. The molecular formula is C10H11Cl3N2. The Morgan fingerprint density at radius 1 is 1.27 bits per heavy atom. The van der Waals surface area contributed by atoms with Crippen LogP contribution in [0.2, 0.25) is 15.1 Å². The fourth-order valence-electron chi connectivity index (χ4n) is 0.879. The molecule has 0 bridgehead atoms. The van der Waals surface area contributed by atoms with Crippen molar-refractivity contribution in [3.8, 4) is 0 Å². The molecule has 0 aromatic heterocycles. The van der Waals surface area contributed by atoms with Crippen molar-refractivity contribution in [3.05, 3.63) is 27.2 Å². The van der Waals surface area contributed by atoms with Crippen molar-refractivity contribution < 1.29 is 0 Å². The number of hydrogen-bond acceptors (Lipinski definition) is 2. The first-order valence-electron chi connectivity index (χ1n) is 4.48. The molecule has 0 heterocycles. The number of nitrogens with one attached hydrogen (secondary N) is 1. The van der Waals surface area contributed by atoms with E-state index in [1.165, 1.54) is 0 Å². The van der Waals surface area contributed by atoms with Crippen LogP contribution in [-0.4, -0.2) is 5.71 Å². The smallest absolute Gasteiger partial charge is 0.0935 e. The first-order chi connectivity index (χ1) is 7.04. The second kappa shape index (κ2) is 5.59. The zero-order valence-corrected chi connectivity index (χ0v) is 10.7. The second-order valence-corrected chi connectivity index (χ2v) is 4.31. The van der Waals surface area contributed by atoms with Crippen LogP contribution in [0.15, 0.2) is 17.2 Å². The molecule has 1 rings (SSSR count). The van der Waals surface area contributed by atoms with Gasteiger partial charge in [-0.2, -0.15) is 5.10 Å². The monoisotopic (exact) mass is 264 g/mol. The van der Waals surface area contributed by atoms with E-state index in [1.54, 1.807) is 12.1 Å². The van der Waals surface area contributed by atoms with Crippen LogP contribution in [0.1, 0.15) is 20.3 Å². The molecule has 0 aliphatic carbocycles. The molecule has 0 fully saturated rings. The van der Waals surface area contributed by atoms with E-state index in [4.69, 9.17) is 34.8 Å². The lowest BCUT2D eigenvalue weighted by atomic mass is 10.3. The summed E-state index contributed by atoms with van der Waals surface area (Å²) >= 11 is 17.7. The summed E-state index contributed by atoms with van der Waals surface area (Å²) in [5.74, 6) is 0. The van der Waals surface area contributed by atoms with Crippen LogP contribution in [0.4, 0.5) is 5.69 Å². The lowest BCUT2D eigenvalue weighted by molar-refractivity contribution is 1.21. The summed E-state index contributed by atoms with van der Waals surface area (Å²) in [6, 6.07) is 3.24. The van der Waals surface area contributed by atoms with E-state index in [1.807, 2.05) is 13.8 Å². The van der Waals surface area contributed by atoms with Gasteiger partial charge in [-0.05, 0) is 25.5 Å². The molecule has 5 heteroatoms. The molecular weight excluding hydrogens is 254 g/mol. The molecule has 1 N–H and O–H groups in total. The van der Waals surface area contributed by atoms with Gasteiger partial charge in [0.05, 0.1) is 15.7 Å². The minimum absolute atomic E-state index is 0.458. The van der Waals surface area contributed by atoms with Crippen molar-refractivity contribution in [2.45, 2.75) is 20.3 Å². The largest absolute Gasteiger partial charge is 0.276 e. The Morgan fingerprint density at radius 2 is 1.80 bits per heavy atom. The lowest BCUT2D eigenvalue weighted by Crippen LogP contribution is -1.97. The predicted octanol–water partition coefficient (Wildman–Crippen LogP) is 4.84. The molecule has 0 amide bonds. The van der Waals surface area contributed by atoms with E-state index >= 15 is 0 Å². The molecule has 0 saturated heterocycles. The Bertz CT molecular complexity index is 365. The van der Waals surface area contributed by atoms with Gasteiger partial charge in [0.15, 0.2) is 0 Å². The normalized spacial score (nSPS) is 11.7. The number of hydrazone groups is 1. The molecule has 1 aromatic rings. The van der Waals surface area contributed by atoms with Gasteiger partial charge in [0.1, 0.15) is 0 Å². The van der Waals surface area contributed by atoms with Crippen LogP contribution in [-0.2, 0) is 0 Å². The lowest BCUT2D eigenvalue weighted by Gasteiger charge is -2.07. The number of hydrogen-bond donors (Lipinski definition) is 1. The maximum atomic E-state index is 5.96. The maximum Gasteiger partial charge on any atom is 0.0935 e. The van der Waals surface area contributed by atoms with Gasteiger partial charge in [-0.3, -0.25) is 5.43 Å². The van der Waals surface area contributed by atoms with E-state index in [-0.39, 0.29) is 0 Å². The van der Waals surface area contributed by atoms with E-state index in [9.17, 15) is 0 Å². The number of anilines is 1. The first-order valence-corrected chi connectivity index (χ1v) is 5.61. The quantitative estimate of drug-likeness (QED) is 0.613. The van der Waals surface area contributed by atoms with Crippen LogP contribution < -0.4 is 5.43 Å². The highest BCUT2D eigenvalue weighted by Gasteiger charge is 2.06. The molecule has 0 saturated carbocycles. The van der Waals surface area contributed by atoms with Gasteiger partial charge in [0.2, 0.25) is 0 Å². The molecule has 1 aromatic carbocycles. The van der Waals surface area contributed by atoms with E-state index in [2.05, 4.69) is 10.5 Å². The van der Waals surface area contributed by atoms with Gasteiger partial charge in [0.25, 0.3) is 0 Å². The molecule has 82 valence electrons. The van der Waals surface area contributed by atoms with Gasteiger partial charge in [-0.1, -0.05) is 41.7 Å². The Hall–Kier alpha value is -0.440. The van der Waals surface area contributed by atoms with Crippen molar-refractivity contribution in [2.75, 3.05) is 5.43 Å². The van der Waals surface area contributed by atoms with Crippen LogP contribution in [0, 0.1) is 0 Å². The van der Waals surface area contributed by atoms with Crippen molar-refractivity contribution in [2.24, 2.45) is 5.10 Å². The van der Waals surface area contributed by atoms with E-state index in [0.717, 1.165) is 12.1 Å². The van der Waals surface area contributed by atoms with Crippen LogP contribution in [0.3, 0.4) is 0 Å². The summed E-state index contributed by atoms with van der Waals surface area (Å²) in [6.45, 7) is 3.94. The zero-order chi connectivity index (χ0) is 11.4. The van der Waals surface area contributed by atoms with Gasteiger partial charge in [-0.15, -0.1) is 0 Å². The fraction of sp³-hybridized carbons (Fsp3) is 0.300. The van der Waals surface area contributed by atoms with Gasteiger partial charge < -0.3 is 0 Å². The Morgan fingerprint density at radius 3 is 2.27 bits per heavy atom. The second-order valence-electron chi connectivity index (χ2n) is 3.06. The van der Waals surface area contributed by atoms with Gasteiger partial charge in [-0.25, -0.2) is 0 Å². The predicted molar refractivity (Wildman–Crippen MR) is 68.5 cm³/mol. The highest BCUT2D eigenvalue weighted by molar-refractivity contribution is 6.41. The van der Waals surface area contributed by atoms with E-state index in [0.29, 0.717) is 20.8 Å². The minimum atomic E-state index is 0.458. The summed E-state index contributed by atoms with van der Waals surface area (Å²) in [4.78, 5) is 0. The maximum absolute atomic E-state index is 5.96. The van der Waals surface area contributed by atoms with Crippen molar-refractivity contribution >= 4 is 46.2 Å². The zero-order valence-electron chi connectivity index (χ0n) is 8.44. The Kier molecular flexibility index (Phi) is 4.71. The highest BCUT2D eigenvalue weighted by atomic mass is 35.5. The number of nitrogens with zero attached hydrogens (tertiary/aromatic N) is 1. The molecule has 0 aliphatic rings. The highest BCUT2D eigenvalue weighted by Crippen LogP contribution is 2.33. The third-order valence-electron chi connectivity index (χ3n) is 1.88. The number of rotatable bonds is 3. The van der Waals surface area contributed by atoms with E-state index < -0.39 is 0 Å². The fourth-order valence-corrected chi connectivity index (χ4v) is 1.78. The van der Waals surface area contributed by atoms with Crippen LogP contribution in [0.5, 0.6) is 0 Å². The summed E-state index contributed by atoms with van der Waals surface area (Å²) in [5, 5.41) is 5.54. The molecule has 2 nitrogen and oxygen atoms in total. The van der Waals surface area contributed by atoms with Crippen molar-refractivity contribution in [3.63, 3.8) is 0 Å². The minimum Gasteiger partial charge on any atom is -0.276 e. The molecule has 0 spiro atoms. The van der Waals surface area contributed by atoms with Crippen molar-refractivity contribution in [1.82, 2.24) is 0 Å². The third kappa shape index (κ3) is 3.56. The molecule has 15 heavy (non-hydrogen) atoms. The summed E-state index contributed by atoms with van der Waals surface area (Å²) in [6.07, 6.45) is 0.871. The topological polar surface area (TPSA) is 24.4 Å².